The van der Waals surface area contributed by atoms with Gasteiger partial charge in [0, 0.05) is 26.2 Å². The topological polar surface area (TPSA) is 0 Å². The van der Waals surface area contributed by atoms with Crippen LogP contribution in [0.4, 0.5) is 0 Å². The van der Waals surface area contributed by atoms with Crippen LogP contribution < -0.4 is 0 Å². The standard InChI is InChI=1S/C12H13.2BrH.Zr/c1-2-5-10-8-9-11-6-3-4-7-12(10)11;;;/h3-4,6-9H,2,5H2,1H3;2*1H;/q-1;;;. The van der Waals surface area contributed by atoms with Crippen molar-refractivity contribution in [3.63, 3.8) is 0 Å². The third kappa shape index (κ3) is 4.21. The van der Waals surface area contributed by atoms with Crippen molar-refractivity contribution in [2.45, 2.75) is 19.8 Å². The fourth-order valence-corrected chi connectivity index (χ4v) is 1.70. The van der Waals surface area contributed by atoms with Gasteiger partial charge >= 0.3 is 0 Å². The summed E-state index contributed by atoms with van der Waals surface area (Å²) in [5.41, 5.74) is 1.49. The third-order valence-corrected chi connectivity index (χ3v) is 2.29. The van der Waals surface area contributed by atoms with Crippen LogP contribution in [0, 0.1) is 0 Å². The second kappa shape index (κ2) is 8.78. The van der Waals surface area contributed by atoms with Gasteiger partial charge in [-0.2, -0.15) is 6.07 Å². The predicted molar refractivity (Wildman–Crippen MR) is 74.2 cm³/mol. The van der Waals surface area contributed by atoms with E-state index in [9.17, 15) is 0 Å². The molecule has 0 aliphatic heterocycles. The Morgan fingerprint density at radius 3 is 2.40 bits per heavy atom. The molecule has 0 aliphatic rings. The summed E-state index contributed by atoms with van der Waals surface area (Å²) in [5.74, 6) is 0. The molecular weight excluding hydrogens is 395 g/mol. The van der Waals surface area contributed by atoms with Crippen LogP contribution in [0.3, 0.4) is 0 Å². The molecule has 0 radical (unpaired) electrons. The first kappa shape index (κ1) is 18.0. The van der Waals surface area contributed by atoms with Crippen LogP contribution in [0.15, 0.2) is 36.4 Å². The van der Waals surface area contributed by atoms with Crippen molar-refractivity contribution in [3.8, 4) is 0 Å². The summed E-state index contributed by atoms with van der Waals surface area (Å²) >= 11 is 0. The molecule has 0 aromatic heterocycles. The normalized spacial score (nSPS) is 8.60. The van der Waals surface area contributed by atoms with Gasteiger partial charge in [0.25, 0.3) is 0 Å². The molecule has 0 unspecified atom stereocenters. The Morgan fingerprint density at radius 1 is 1.07 bits per heavy atom. The molecule has 0 atom stereocenters. The Bertz CT molecular complexity index is 382. The minimum absolute atomic E-state index is 0. The molecule has 0 N–H and O–H groups in total. The Kier molecular flexibility index (Phi) is 10.6. The zero-order valence-electron chi connectivity index (χ0n) is 8.69. The zero-order chi connectivity index (χ0) is 8.39. The molecule has 0 spiro atoms. The van der Waals surface area contributed by atoms with E-state index in [1.165, 1.54) is 29.2 Å². The summed E-state index contributed by atoms with van der Waals surface area (Å²) in [4.78, 5) is 0. The van der Waals surface area contributed by atoms with E-state index in [1.807, 2.05) is 0 Å². The largest absolute Gasteiger partial charge is 0.168 e. The van der Waals surface area contributed by atoms with Crippen LogP contribution in [0.25, 0.3) is 10.8 Å². The van der Waals surface area contributed by atoms with Crippen LogP contribution in [0.1, 0.15) is 18.9 Å². The van der Waals surface area contributed by atoms with Gasteiger partial charge in [-0.05, 0) is 0 Å². The average Bonchev–Trinajstić information content (AvgIpc) is 2.50. The number of hydrogen-bond acceptors (Lipinski definition) is 0. The predicted octanol–water partition coefficient (Wildman–Crippen LogP) is 4.66. The summed E-state index contributed by atoms with van der Waals surface area (Å²) in [6, 6.07) is 13.0. The first-order chi connectivity index (χ1) is 5.92. The van der Waals surface area contributed by atoms with Crippen LogP contribution in [-0.4, -0.2) is 0 Å². The van der Waals surface area contributed by atoms with Crippen molar-refractivity contribution < 1.29 is 26.2 Å². The zero-order valence-corrected chi connectivity index (χ0v) is 14.6. The Hall–Kier alpha value is 0.673. The maximum atomic E-state index is 2.24. The average molecular weight is 410 g/mol. The van der Waals surface area contributed by atoms with E-state index in [0.717, 1.165) is 0 Å². The molecule has 0 saturated carbocycles. The fraction of sp³-hybridized carbons (Fsp3) is 0.250. The molecule has 3 heteroatoms. The third-order valence-electron chi connectivity index (χ3n) is 2.29. The Labute approximate surface area is 131 Å². The van der Waals surface area contributed by atoms with E-state index >= 15 is 0 Å². The molecule has 2 aromatic rings. The van der Waals surface area contributed by atoms with Gasteiger partial charge in [-0.25, -0.2) is 0 Å². The molecule has 0 aliphatic carbocycles. The first-order valence-electron chi connectivity index (χ1n) is 4.55. The van der Waals surface area contributed by atoms with Gasteiger partial charge in [0.05, 0.1) is 0 Å². The van der Waals surface area contributed by atoms with Gasteiger partial charge in [0.1, 0.15) is 0 Å². The summed E-state index contributed by atoms with van der Waals surface area (Å²) < 4.78 is 0. The maximum absolute atomic E-state index is 2.24. The van der Waals surface area contributed by atoms with Gasteiger partial charge < -0.3 is 0 Å². The Morgan fingerprint density at radius 2 is 1.73 bits per heavy atom. The second-order valence-electron chi connectivity index (χ2n) is 3.20. The fourth-order valence-electron chi connectivity index (χ4n) is 1.70. The van der Waals surface area contributed by atoms with Gasteiger partial charge in [0.15, 0.2) is 0 Å². The van der Waals surface area contributed by atoms with Crippen molar-refractivity contribution >= 4 is 44.7 Å². The number of aryl methyl sites for hydroxylation is 1. The van der Waals surface area contributed by atoms with E-state index in [1.54, 1.807) is 0 Å². The number of benzene rings is 1. The van der Waals surface area contributed by atoms with Crippen LogP contribution in [0.2, 0.25) is 0 Å². The maximum Gasteiger partial charge on any atom is 0 e. The van der Waals surface area contributed by atoms with Crippen molar-refractivity contribution in [3.05, 3.63) is 42.0 Å². The van der Waals surface area contributed by atoms with Crippen LogP contribution >= 0.6 is 34.0 Å². The van der Waals surface area contributed by atoms with Crippen molar-refractivity contribution in [1.82, 2.24) is 0 Å². The van der Waals surface area contributed by atoms with E-state index in [4.69, 9.17) is 0 Å². The van der Waals surface area contributed by atoms with Crippen molar-refractivity contribution in [2.24, 2.45) is 0 Å². The molecule has 2 rings (SSSR count). The van der Waals surface area contributed by atoms with Crippen molar-refractivity contribution in [2.75, 3.05) is 0 Å². The number of fused-ring (bicyclic) bond motifs is 1. The van der Waals surface area contributed by atoms with Crippen LogP contribution in [0.5, 0.6) is 0 Å². The SMILES string of the molecule is Br.Br.CCC[c-]1ccc2ccccc21.[Zr]. The minimum Gasteiger partial charge on any atom is -0.168 e. The Balaban J connectivity index is 0. The first-order valence-corrected chi connectivity index (χ1v) is 4.55. The molecule has 0 saturated heterocycles. The molecule has 82 valence electrons. The molecule has 0 amide bonds. The molecule has 2 aromatic carbocycles. The van der Waals surface area contributed by atoms with E-state index in [2.05, 4.69) is 43.3 Å². The summed E-state index contributed by atoms with van der Waals surface area (Å²) in [6.45, 7) is 2.22. The molecule has 0 fully saturated rings. The number of halogens is 2. The number of rotatable bonds is 2. The monoisotopic (exact) mass is 407 g/mol. The summed E-state index contributed by atoms with van der Waals surface area (Å²) in [7, 11) is 0. The quantitative estimate of drug-likeness (QED) is 0.632. The van der Waals surface area contributed by atoms with Crippen LogP contribution in [-0.2, 0) is 32.6 Å². The molecule has 0 heterocycles. The van der Waals surface area contributed by atoms with E-state index in [-0.39, 0.29) is 60.2 Å². The van der Waals surface area contributed by atoms with E-state index < -0.39 is 0 Å². The molecule has 0 bridgehead atoms. The van der Waals surface area contributed by atoms with E-state index in [0.29, 0.717) is 0 Å². The molecule has 15 heavy (non-hydrogen) atoms. The molecular formula is C12H15Br2Zr-. The van der Waals surface area contributed by atoms with Crippen molar-refractivity contribution in [1.29, 1.82) is 0 Å². The second-order valence-corrected chi connectivity index (χ2v) is 3.20. The smallest absolute Gasteiger partial charge is 0 e. The van der Waals surface area contributed by atoms with Gasteiger partial charge in [-0.3, -0.25) is 0 Å². The minimum atomic E-state index is 0. The van der Waals surface area contributed by atoms with Gasteiger partial charge in [0.2, 0.25) is 0 Å². The summed E-state index contributed by atoms with van der Waals surface area (Å²) in [6.07, 6.45) is 2.43. The van der Waals surface area contributed by atoms with Gasteiger partial charge in [-0.15, -0.1) is 74.6 Å². The number of hydrogen-bond donors (Lipinski definition) is 0. The van der Waals surface area contributed by atoms with Gasteiger partial charge in [-0.1, -0.05) is 25.8 Å². The summed E-state index contributed by atoms with van der Waals surface area (Å²) in [5, 5.41) is 2.81. The molecule has 0 nitrogen and oxygen atoms in total.